The number of nitrogens with one attached hydrogen (secondary N) is 1. The van der Waals surface area contributed by atoms with Crippen LogP contribution in [0.5, 0.6) is 0 Å². The highest BCUT2D eigenvalue weighted by atomic mass is 32.2. The van der Waals surface area contributed by atoms with Gasteiger partial charge in [0.25, 0.3) is 0 Å². The molecule has 1 aromatic rings. The number of esters is 1. The van der Waals surface area contributed by atoms with Crippen LogP contribution in [-0.4, -0.2) is 32.6 Å². The summed E-state index contributed by atoms with van der Waals surface area (Å²) in [6.45, 7) is 6.08. The zero-order valence-corrected chi connectivity index (χ0v) is 13.4. The molecule has 0 spiro atoms. The topological polar surface area (TPSA) is 77.4 Å². The maximum Gasteiger partial charge on any atom is 0.354 e. The molecular weight excluding hydrogens is 280 g/mol. The Kier molecular flexibility index (Phi) is 5.35. The minimum Gasteiger partial charge on any atom is -0.464 e. The quantitative estimate of drug-likeness (QED) is 0.807. The minimum absolute atomic E-state index is 0.115. The van der Waals surface area contributed by atoms with Crippen molar-refractivity contribution in [3.05, 3.63) is 17.5 Å². The van der Waals surface area contributed by atoms with Crippen molar-refractivity contribution in [3.63, 3.8) is 0 Å². The molecule has 6 nitrogen and oxygen atoms in total. The predicted octanol–water partition coefficient (Wildman–Crippen LogP) is 1.44. The van der Waals surface area contributed by atoms with Gasteiger partial charge in [0, 0.05) is 19.3 Å². The van der Waals surface area contributed by atoms with Crippen molar-refractivity contribution >= 4 is 16.0 Å². The highest BCUT2D eigenvalue weighted by Crippen LogP contribution is 2.20. The third-order valence-corrected chi connectivity index (χ3v) is 4.76. The molecule has 0 atom stereocenters. The minimum atomic E-state index is -3.61. The number of rotatable bonds is 6. The highest BCUT2D eigenvalue weighted by Gasteiger charge is 2.24. The summed E-state index contributed by atoms with van der Waals surface area (Å²) >= 11 is 0. The van der Waals surface area contributed by atoms with E-state index < -0.39 is 16.0 Å². The number of carbonyl (C=O) groups is 1. The number of hydrogen-bond acceptors (Lipinski definition) is 4. The molecule has 1 heterocycles. The second kappa shape index (κ2) is 6.41. The summed E-state index contributed by atoms with van der Waals surface area (Å²) in [5.41, 5.74) is 0.719. The van der Waals surface area contributed by atoms with Crippen molar-refractivity contribution in [2.45, 2.75) is 32.1 Å². The summed E-state index contributed by atoms with van der Waals surface area (Å²) in [7, 11) is -0.711. The molecule has 0 unspecified atom stereocenters. The molecule has 0 aliphatic rings. The van der Waals surface area contributed by atoms with Gasteiger partial charge in [-0.05, 0) is 25.3 Å². The fourth-order valence-electron chi connectivity index (χ4n) is 1.80. The van der Waals surface area contributed by atoms with Crippen molar-refractivity contribution in [3.8, 4) is 0 Å². The average Bonchev–Trinajstić information content (AvgIpc) is 2.65. The Bertz CT molecular complexity index is 588. The van der Waals surface area contributed by atoms with E-state index in [0.717, 1.165) is 6.42 Å². The van der Waals surface area contributed by atoms with Gasteiger partial charge in [-0.2, -0.15) is 0 Å². The van der Waals surface area contributed by atoms with E-state index in [9.17, 15) is 13.2 Å². The molecule has 20 heavy (non-hydrogen) atoms. The van der Waals surface area contributed by atoms with Crippen molar-refractivity contribution in [2.75, 3.05) is 13.7 Å². The number of methoxy groups -OCH3 is 1. The van der Waals surface area contributed by atoms with E-state index in [1.165, 1.54) is 17.7 Å². The zero-order chi connectivity index (χ0) is 15.5. The molecule has 0 radical (unpaired) electrons. The lowest BCUT2D eigenvalue weighted by Gasteiger charge is -2.08. The van der Waals surface area contributed by atoms with Gasteiger partial charge in [-0.3, -0.25) is 0 Å². The number of sulfonamides is 1. The first-order valence-corrected chi connectivity index (χ1v) is 7.93. The predicted molar refractivity (Wildman–Crippen MR) is 76.1 cm³/mol. The Morgan fingerprint density at radius 3 is 2.55 bits per heavy atom. The van der Waals surface area contributed by atoms with E-state index in [1.54, 1.807) is 14.0 Å². The van der Waals surface area contributed by atoms with Crippen LogP contribution >= 0.6 is 0 Å². The summed E-state index contributed by atoms with van der Waals surface area (Å²) in [5.74, 6) is -0.139. The average molecular weight is 302 g/mol. The standard InChI is InChI=1S/C13H22N2O4S/c1-9(2)6-7-14-20(17,18)12-8-11(13(16)19-5)15(4)10(12)3/h8-9,14H,6-7H2,1-5H3. The van der Waals surface area contributed by atoms with Gasteiger partial charge in [0.15, 0.2) is 0 Å². The summed E-state index contributed by atoms with van der Waals surface area (Å²) in [6.07, 6.45) is 0.759. The van der Waals surface area contributed by atoms with Crippen molar-refractivity contribution in [2.24, 2.45) is 13.0 Å². The van der Waals surface area contributed by atoms with Crippen LogP contribution < -0.4 is 4.72 Å². The van der Waals surface area contributed by atoms with Crippen LogP contribution in [0, 0.1) is 12.8 Å². The van der Waals surface area contributed by atoms with Gasteiger partial charge in [0.2, 0.25) is 10.0 Å². The number of carbonyl (C=O) groups excluding carboxylic acids is 1. The van der Waals surface area contributed by atoms with E-state index >= 15 is 0 Å². The molecule has 0 aliphatic heterocycles. The summed E-state index contributed by atoms with van der Waals surface area (Å²) in [5, 5.41) is 0. The van der Waals surface area contributed by atoms with Crippen LogP contribution in [0.4, 0.5) is 0 Å². The monoisotopic (exact) mass is 302 g/mol. The Hall–Kier alpha value is -1.34. The van der Waals surface area contributed by atoms with Gasteiger partial charge in [0.05, 0.1) is 7.11 Å². The zero-order valence-electron chi connectivity index (χ0n) is 12.6. The second-order valence-electron chi connectivity index (χ2n) is 5.11. The normalized spacial score (nSPS) is 11.9. The number of nitrogens with zero attached hydrogens (tertiary/aromatic N) is 1. The lowest BCUT2D eigenvalue weighted by atomic mass is 10.1. The first-order valence-electron chi connectivity index (χ1n) is 6.45. The number of ether oxygens (including phenoxy) is 1. The van der Waals surface area contributed by atoms with E-state index in [2.05, 4.69) is 9.46 Å². The van der Waals surface area contributed by atoms with Gasteiger partial charge >= 0.3 is 5.97 Å². The first kappa shape index (κ1) is 16.7. The second-order valence-corrected chi connectivity index (χ2v) is 6.85. The van der Waals surface area contributed by atoms with Crippen LogP contribution in [0.3, 0.4) is 0 Å². The summed E-state index contributed by atoms with van der Waals surface area (Å²) in [6, 6.07) is 1.35. The lowest BCUT2D eigenvalue weighted by molar-refractivity contribution is 0.0589. The van der Waals surface area contributed by atoms with E-state index in [-0.39, 0.29) is 10.6 Å². The molecule has 1 aromatic heterocycles. The molecule has 0 amide bonds. The van der Waals surface area contributed by atoms with Gasteiger partial charge in [0.1, 0.15) is 10.6 Å². The maximum atomic E-state index is 12.2. The van der Waals surface area contributed by atoms with E-state index in [0.29, 0.717) is 18.2 Å². The molecule has 114 valence electrons. The molecule has 7 heteroatoms. The fourth-order valence-corrected chi connectivity index (χ4v) is 3.14. The van der Waals surface area contributed by atoms with Crippen LogP contribution in [0.15, 0.2) is 11.0 Å². The molecule has 0 saturated heterocycles. The van der Waals surface area contributed by atoms with Gasteiger partial charge in [-0.15, -0.1) is 0 Å². The molecule has 0 saturated carbocycles. The van der Waals surface area contributed by atoms with Gasteiger partial charge in [-0.1, -0.05) is 13.8 Å². The van der Waals surface area contributed by atoms with Gasteiger partial charge < -0.3 is 9.30 Å². The van der Waals surface area contributed by atoms with Gasteiger partial charge in [-0.25, -0.2) is 17.9 Å². The third-order valence-electron chi connectivity index (χ3n) is 3.19. The Morgan fingerprint density at radius 1 is 1.45 bits per heavy atom. The third kappa shape index (κ3) is 3.61. The summed E-state index contributed by atoms with van der Waals surface area (Å²) < 4.78 is 33.2. The van der Waals surface area contributed by atoms with Crippen LogP contribution in [0.25, 0.3) is 0 Å². The number of aromatic nitrogens is 1. The Labute approximate surface area is 120 Å². The first-order chi connectivity index (χ1) is 9.20. The Morgan fingerprint density at radius 2 is 2.05 bits per heavy atom. The van der Waals surface area contributed by atoms with E-state index in [1.807, 2.05) is 13.8 Å². The highest BCUT2D eigenvalue weighted by molar-refractivity contribution is 7.89. The fraction of sp³-hybridized carbons (Fsp3) is 0.615. The SMILES string of the molecule is COC(=O)c1cc(S(=O)(=O)NCCC(C)C)c(C)n1C. The molecule has 0 aliphatic carbocycles. The van der Waals surface area contributed by atoms with Crippen molar-refractivity contribution < 1.29 is 17.9 Å². The molecule has 0 fully saturated rings. The molecular formula is C13H22N2O4S. The largest absolute Gasteiger partial charge is 0.464 e. The lowest BCUT2D eigenvalue weighted by Crippen LogP contribution is -2.26. The summed E-state index contributed by atoms with van der Waals surface area (Å²) in [4.78, 5) is 11.7. The Balaban J connectivity index is 3.04. The van der Waals surface area contributed by atoms with Crippen LogP contribution in [-0.2, 0) is 21.8 Å². The van der Waals surface area contributed by atoms with Crippen molar-refractivity contribution in [1.82, 2.24) is 9.29 Å². The van der Waals surface area contributed by atoms with E-state index in [4.69, 9.17) is 0 Å². The molecule has 1 rings (SSSR count). The van der Waals surface area contributed by atoms with Crippen LogP contribution in [0.1, 0.15) is 36.5 Å². The van der Waals surface area contributed by atoms with Crippen molar-refractivity contribution in [1.29, 1.82) is 0 Å². The maximum absolute atomic E-state index is 12.2. The molecule has 0 bridgehead atoms. The molecule has 1 N–H and O–H groups in total. The molecule has 0 aromatic carbocycles. The smallest absolute Gasteiger partial charge is 0.354 e. The van der Waals surface area contributed by atoms with Crippen LogP contribution in [0.2, 0.25) is 0 Å². The number of hydrogen-bond donors (Lipinski definition) is 1.